The lowest BCUT2D eigenvalue weighted by Crippen LogP contribution is -2.01. The minimum absolute atomic E-state index is 0.437. The Bertz CT molecular complexity index is 1010. The number of hydrogen-bond donors (Lipinski definition) is 0. The maximum atomic E-state index is 5.98. The van der Waals surface area contributed by atoms with Crippen molar-refractivity contribution in [3.63, 3.8) is 0 Å². The molecule has 0 saturated carbocycles. The summed E-state index contributed by atoms with van der Waals surface area (Å²) in [6.07, 6.45) is 2.82. The lowest BCUT2D eigenvalue weighted by Gasteiger charge is -2.16. The van der Waals surface area contributed by atoms with Crippen LogP contribution in [0.1, 0.15) is 35.4 Å². The van der Waals surface area contributed by atoms with E-state index in [4.69, 9.17) is 28.2 Å². The van der Waals surface area contributed by atoms with Crippen molar-refractivity contribution < 1.29 is 0 Å². The molecule has 0 N–H and O–H groups in total. The molecule has 3 heteroatoms. The molecule has 142 valence electrons. The van der Waals surface area contributed by atoms with Gasteiger partial charge in [-0.1, -0.05) is 60.7 Å². The Morgan fingerprint density at radius 2 is 1.21 bits per heavy atom. The number of aromatic nitrogens is 1. The summed E-state index contributed by atoms with van der Waals surface area (Å²) >= 11 is 12.0. The van der Waals surface area contributed by atoms with Crippen LogP contribution in [0, 0.1) is 0 Å². The van der Waals surface area contributed by atoms with Crippen molar-refractivity contribution in [3.8, 4) is 0 Å². The molecule has 0 spiro atoms. The van der Waals surface area contributed by atoms with Crippen molar-refractivity contribution in [2.75, 3.05) is 11.8 Å². The van der Waals surface area contributed by atoms with Crippen molar-refractivity contribution >= 4 is 45.0 Å². The zero-order chi connectivity index (χ0) is 19.3. The van der Waals surface area contributed by atoms with Crippen LogP contribution in [-0.2, 0) is 6.42 Å². The van der Waals surface area contributed by atoms with E-state index in [2.05, 4.69) is 72.8 Å². The van der Waals surface area contributed by atoms with Crippen molar-refractivity contribution in [3.05, 3.63) is 89.5 Å². The average molecular weight is 408 g/mol. The van der Waals surface area contributed by atoms with Gasteiger partial charge >= 0.3 is 0 Å². The van der Waals surface area contributed by atoms with E-state index in [1.165, 1.54) is 27.5 Å². The Labute approximate surface area is 176 Å². The zero-order valence-corrected chi connectivity index (χ0v) is 17.3. The molecule has 0 saturated heterocycles. The molecule has 3 aromatic carbocycles. The summed E-state index contributed by atoms with van der Waals surface area (Å²) in [6, 6.07) is 25.8. The number of fused-ring (bicyclic) bond motifs is 2. The molecule has 0 fully saturated rings. The van der Waals surface area contributed by atoms with Crippen LogP contribution < -0.4 is 0 Å². The summed E-state index contributed by atoms with van der Waals surface area (Å²) in [4.78, 5) is 4.83. The lowest BCUT2D eigenvalue weighted by molar-refractivity contribution is 0.648. The summed E-state index contributed by atoms with van der Waals surface area (Å²) in [5, 5.41) is 2.46. The number of hydrogen-bond acceptors (Lipinski definition) is 1. The molecule has 0 unspecified atom stereocenters. The third kappa shape index (κ3) is 4.01. The molecule has 0 atom stereocenters. The maximum Gasteiger partial charge on any atom is 0.0712 e. The standard InChI is InChI=1S/C25H23Cl2N/c26-15-13-20(14-16-27)19-11-9-18(10-12-19)17-23-21-5-1-3-7-24(21)28-25-8-4-2-6-22(23)25/h1-12,20H,13-17H2. The Hall–Kier alpha value is -2.09. The molecule has 0 radical (unpaired) electrons. The first-order valence-electron chi connectivity index (χ1n) is 9.77. The minimum Gasteiger partial charge on any atom is -0.248 e. The van der Waals surface area contributed by atoms with Gasteiger partial charge in [0.1, 0.15) is 0 Å². The topological polar surface area (TPSA) is 12.9 Å². The number of alkyl halides is 2. The highest BCUT2D eigenvalue weighted by Gasteiger charge is 2.12. The van der Waals surface area contributed by atoms with Crippen molar-refractivity contribution in [1.29, 1.82) is 0 Å². The summed E-state index contributed by atoms with van der Waals surface area (Å²) in [5.41, 5.74) is 6.08. The SMILES string of the molecule is ClCCC(CCCl)c1ccc(Cc2c3ccccc3nc3ccccc23)cc1. The van der Waals surface area contributed by atoms with E-state index in [1.807, 2.05) is 0 Å². The fourth-order valence-corrected chi connectivity index (χ4v) is 4.50. The highest BCUT2D eigenvalue weighted by atomic mass is 35.5. The molecule has 0 bridgehead atoms. The summed E-state index contributed by atoms with van der Waals surface area (Å²) in [5.74, 6) is 1.77. The van der Waals surface area contributed by atoms with Crippen molar-refractivity contribution in [2.24, 2.45) is 0 Å². The van der Waals surface area contributed by atoms with Crippen LogP contribution in [0.4, 0.5) is 0 Å². The predicted molar refractivity (Wildman–Crippen MR) is 122 cm³/mol. The number of rotatable bonds is 7. The van der Waals surface area contributed by atoms with Gasteiger partial charge in [-0.05, 0) is 54.0 Å². The third-order valence-electron chi connectivity index (χ3n) is 5.45. The number of nitrogens with zero attached hydrogens (tertiary/aromatic N) is 1. The molecule has 1 nitrogen and oxygen atoms in total. The van der Waals surface area contributed by atoms with Crippen LogP contribution in [0.3, 0.4) is 0 Å². The predicted octanol–water partition coefficient (Wildman–Crippen LogP) is 7.32. The molecule has 4 aromatic rings. The van der Waals surface area contributed by atoms with Crippen molar-refractivity contribution in [2.45, 2.75) is 25.2 Å². The number of halogens is 2. The van der Waals surface area contributed by atoms with Gasteiger partial charge in [-0.15, -0.1) is 23.2 Å². The molecular formula is C25H23Cl2N. The first kappa shape index (κ1) is 19.2. The zero-order valence-electron chi connectivity index (χ0n) is 15.7. The Morgan fingerprint density at radius 1 is 0.679 bits per heavy atom. The van der Waals surface area contributed by atoms with E-state index >= 15 is 0 Å². The van der Waals surface area contributed by atoms with Gasteiger partial charge in [0, 0.05) is 22.5 Å². The van der Waals surface area contributed by atoms with Gasteiger partial charge in [-0.3, -0.25) is 0 Å². The van der Waals surface area contributed by atoms with Gasteiger partial charge in [0.2, 0.25) is 0 Å². The molecule has 0 aliphatic rings. The maximum absolute atomic E-state index is 5.98. The Balaban J connectivity index is 1.71. The van der Waals surface area contributed by atoms with E-state index in [0.29, 0.717) is 17.7 Å². The number of para-hydroxylation sites is 2. The largest absolute Gasteiger partial charge is 0.248 e. The number of benzene rings is 3. The fraction of sp³-hybridized carbons (Fsp3) is 0.240. The molecule has 0 aliphatic carbocycles. The Kier molecular flexibility index (Phi) is 6.14. The first-order valence-corrected chi connectivity index (χ1v) is 10.8. The highest BCUT2D eigenvalue weighted by molar-refractivity contribution is 6.18. The van der Waals surface area contributed by atoms with Crippen LogP contribution in [0.15, 0.2) is 72.8 Å². The van der Waals surface area contributed by atoms with Crippen LogP contribution in [0.2, 0.25) is 0 Å². The molecule has 0 amide bonds. The lowest BCUT2D eigenvalue weighted by atomic mass is 9.91. The summed E-state index contributed by atoms with van der Waals surface area (Å²) < 4.78 is 0. The van der Waals surface area contributed by atoms with E-state index in [-0.39, 0.29) is 0 Å². The summed E-state index contributed by atoms with van der Waals surface area (Å²) in [6.45, 7) is 0. The average Bonchev–Trinajstić information content (AvgIpc) is 2.74. The van der Waals surface area contributed by atoms with Gasteiger partial charge in [0.05, 0.1) is 11.0 Å². The van der Waals surface area contributed by atoms with E-state index in [1.54, 1.807) is 0 Å². The molecule has 28 heavy (non-hydrogen) atoms. The van der Waals surface area contributed by atoms with Crippen LogP contribution in [0.25, 0.3) is 21.8 Å². The second-order valence-corrected chi connectivity index (χ2v) is 7.95. The first-order chi connectivity index (χ1) is 13.8. The van der Waals surface area contributed by atoms with E-state index in [9.17, 15) is 0 Å². The molecular weight excluding hydrogens is 385 g/mol. The van der Waals surface area contributed by atoms with Gasteiger partial charge in [0.25, 0.3) is 0 Å². The smallest absolute Gasteiger partial charge is 0.0712 e. The van der Waals surface area contributed by atoms with Crippen molar-refractivity contribution in [1.82, 2.24) is 4.98 Å². The molecule has 1 aromatic heterocycles. The van der Waals surface area contributed by atoms with Gasteiger partial charge in [-0.25, -0.2) is 4.98 Å². The number of pyridine rings is 1. The monoisotopic (exact) mass is 407 g/mol. The van der Waals surface area contributed by atoms with Gasteiger partial charge in [-0.2, -0.15) is 0 Å². The molecule has 4 rings (SSSR count). The van der Waals surface area contributed by atoms with Crippen LogP contribution in [-0.4, -0.2) is 16.7 Å². The van der Waals surface area contributed by atoms with E-state index in [0.717, 1.165) is 30.3 Å². The second kappa shape index (κ2) is 8.94. The van der Waals surface area contributed by atoms with Gasteiger partial charge in [0.15, 0.2) is 0 Å². The molecule has 1 heterocycles. The minimum atomic E-state index is 0.437. The Morgan fingerprint density at radius 3 is 1.75 bits per heavy atom. The highest BCUT2D eigenvalue weighted by Crippen LogP contribution is 2.29. The summed E-state index contributed by atoms with van der Waals surface area (Å²) in [7, 11) is 0. The quantitative estimate of drug-likeness (QED) is 0.231. The van der Waals surface area contributed by atoms with Crippen LogP contribution in [0.5, 0.6) is 0 Å². The van der Waals surface area contributed by atoms with Crippen LogP contribution >= 0.6 is 23.2 Å². The second-order valence-electron chi connectivity index (χ2n) is 7.20. The van der Waals surface area contributed by atoms with Gasteiger partial charge < -0.3 is 0 Å². The van der Waals surface area contributed by atoms with E-state index < -0.39 is 0 Å². The third-order valence-corrected chi connectivity index (χ3v) is 5.88. The fourth-order valence-electron chi connectivity index (χ4n) is 3.97. The normalized spacial score (nSPS) is 11.5. The molecule has 0 aliphatic heterocycles.